The largest absolute Gasteiger partial charge is 0.336 e. The van der Waals surface area contributed by atoms with Gasteiger partial charge in [0.15, 0.2) is 0 Å². The molecule has 1 aromatic rings. The van der Waals surface area contributed by atoms with Gasteiger partial charge in [-0.05, 0) is 38.8 Å². The summed E-state index contributed by atoms with van der Waals surface area (Å²) in [6, 6.07) is 2.31. The smallest absolute Gasteiger partial charge is 0.319 e. The summed E-state index contributed by atoms with van der Waals surface area (Å²) < 4.78 is 27.0. The highest BCUT2D eigenvalue weighted by Gasteiger charge is 2.42. The van der Waals surface area contributed by atoms with Crippen molar-refractivity contribution in [2.45, 2.75) is 45.3 Å². The third kappa shape index (κ3) is 2.19. The maximum absolute atomic E-state index is 13.2. The number of piperazine rings is 1. The summed E-state index contributed by atoms with van der Waals surface area (Å²) >= 11 is 0. The van der Waals surface area contributed by atoms with Gasteiger partial charge in [0.25, 0.3) is 5.91 Å². The van der Waals surface area contributed by atoms with E-state index in [9.17, 15) is 18.4 Å². The Morgan fingerprint density at radius 1 is 1.36 bits per heavy atom. The van der Waals surface area contributed by atoms with Gasteiger partial charge in [-0.3, -0.25) is 14.2 Å². The number of amides is 2. The molecule has 0 bridgehead atoms. The Labute approximate surface area is 127 Å². The first-order valence-corrected chi connectivity index (χ1v) is 7.49. The van der Waals surface area contributed by atoms with Crippen molar-refractivity contribution >= 4 is 11.8 Å². The molecule has 1 aromatic heterocycles. The predicted molar refractivity (Wildman–Crippen MR) is 75.7 cm³/mol. The summed E-state index contributed by atoms with van der Waals surface area (Å²) in [7, 11) is 0. The van der Waals surface area contributed by atoms with Crippen molar-refractivity contribution in [1.82, 2.24) is 14.4 Å². The zero-order chi connectivity index (χ0) is 16.0. The lowest BCUT2D eigenvalue weighted by atomic mass is 10.1. The molecule has 7 heteroatoms. The van der Waals surface area contributed by atoms with Crippen LogP contribution in [0.2, 0.25) is 0 Å². The van der Waals surface area contributed by atoms with Crippen molar-refractivity contribution in [1.29, 1.82) is 0 Å². The van der Waals surface area contributed by atoms with Gasteiger partial charge in [0.2, 0.25) is 5.91 Å². The lowest BCUT2D eigenvalue weighted by Gasteiger charge is -2.41. The first-order valence-electron chi connectivity index (χ1n) is 7.49. The van der Waals surface area contributed by atoms with Gasteiger partial charge in [-0.15, -0.1) is 0 Å². The van der Waals surface area contributed by atoms with Crippen LogP contribution in [0, 0.1) is 6.92 Å². The molecule has 0 radical (unpaired) electrons. The highest BCUT2D eigenvalue weighted by Crippen LogP contribution is 2.28. The van der Waals surface area contributed by atoms with E-state index in [0.717, 1.165) is 24.0 Å². The molecule has 120 valence electrons. The number of carbonyl (C=O) groups excluding carboxylic acids is 2. The van der Waals surface area contributed by atoms with Gasteiger partial charge < -0.3 is 9.80 Å². The molecule has 0 unspecified atom stereocenters. The Hall–Kier alpha value is -1.92. The standard InChI is InChI=1S/C15H19F2N3O2/c1-9-5-6-12(20(9)15(16)17)14(22)19-8-11-4-3-7-18(11)13(21)10(19)2/h5-6,10-11,15H,3-4,7-8H2,1-2H3/t10-,11+/m0/s1. The van der Waals surface area contributed by atoms with Crippen molar-refractivity contribution < 1.29 is 18.4 Å². The van der Waals surface area contributed by atoms with Crippen LogP contribution in [0.4, 0.5) is 8.78 Å². The Morgan fingerprint density at radius 3 is 2.77 bits per heavy atom. The normalized spacial score (nSPS) is 25.0. The van der Waals surface area contributed by atoms with E-state index in [1.54, 1.807) is 6.92 Å². The minimum Gasteiger partial charge on any atom is -0.336 e. The second-order valence-corrected chi connectivity index (χ2v) is 5.97. The number of nitrogens with zero attached hydrogens (tertiary/aromatic N) is 3. The summed E-state index contributed by atoms with van der Waals surface area (Å²) in [5, 5.41) is 0. The number of alkyl halides is 2. The van der Waals surface area contributed by atoms with Gasteiger partial charge >= 0.3 is 6.55 Å². The maximum Gasteiger partial charge on any atom is 0.319 e. The van der Waals surface area contributed by atoms with Crippen LogP contribution in [0.1, 0.15) is 42.5 Å². The second-order valence-electron chi connectivity index (χ2n) is 5.97. The average molecular weight is 311 g/mol. The molecule has 0 spiro atoms. The highest BCUT2D eigenvalue weighted by atomic mass is 19.3. The quantitative estimate of drug-likeness (QED) is 0.839. The molecule has 22 heavy (non-hydrogen) atoms. The SMILES string of the molecule is Cc1ccc(C(=O)N2C[C@H]3CCCN3C(=O)[C@@H]2C)n1C(F)F. The molecule has 3 heterocycles. The first kappa shape index (κ1) is 15.0. The third-order valence-corrected chi connectivity index (χ3v) is 4.69. The summed E-state index contributed by atoms with van der Waals surface area (Å²) in [6.45, 7) is 1.57. The molecule has 2 amide bonds. The van der Waals surface area contributed by atoms with Gasteiger partial charge in [0.05, 0.1) is 0 Å². The molecule has 2 atom stereocenters. The van der Waals surface area contributed by atoms with E-state index in [1.807, 2.05) is 4.90 Å². The van der Waals surface area contributed by atoms with Gasteiger partial charge in [-0.1, -0.05) is 0 Å². The summed E-state index contributed by atoms with van der Waals surface area (Å²) in [6.07, 6.45) is 1.79. The monoisotopic (exact) mass is 311 g/mol. The fourth-order valence-corrected chi connectivity index (χ4v) is 3.46. The van der Waals surface area contributed by atoms with Crippen molar-refractivity contribution in [3.63, 3.8) is 0 Å². The van der Waals surface area contributed by atoms with E-state index in [1.165, 1.54) is 24.0 Å². The molecule has 0 aromatic carbocycles. The lowest BCUT2D eigenvalue weighted by molar-refractivity contribution is -0.141. The Bertz CT molecular complexity index is 614. The van der Waals surface area contributed by atoms with Gasteiger partial charge in [-0.2, -0.15) is 8.78 Å². The zero-order valence-electron chi connectivity index (χ0n) is 12.6. The van der Waals surface area contributed by atoms with Crippen LogP contribution in [-0.4, -0.2) is 51.4 Å². The number of rotatable bonds is 2. The topological polar surface area (TPSA) is 45.6 Å². The minimum atomic E-state index is -2.77. The highest BCUT2D eigenvalue weighted by molar-refractivity contribution is 5.97. The molecule has 2 aliphatic heterocycles. The molecule has 2 saturated heterocycles. The van der Waals surface area contributed by atoms with E-state index in [-0.39, 0.29) is 17.6 Å². The van der Waals surface area contributed by atoms with Crippen molar-refractivity contribution in [2.75, 3.05) is 13.1 Å². The molecule has 3 rings (SSSR count). The number of carbonyl (C=O) groups is 2. The minimum absolute atomic E-state index is 0.0173. The molecular weight excluding hydrogens is 292 g/mol. The van der Waals surface area contributed by atoms with Gasteiger partial charge in [-0.25, -0.2) is 0 Å². The van der Waals surface area contributed by atoms with Crippen molar-refractivity contribution in [2.24, 2.45) is 0 Å². The Balaban J connectivity index is 1.90. The molecular formula is C15H19F2N3O2. The molecule has 2 fully saturated rings. The molecule has 0 saturated carbocycles. The fraction of sp³-hybridized carbons (Fsp3) is 0.600. The Kier molecular flexibility index (Phi) is 3.66. The third-order valence-electron chi connectivity index (χ3n) is 4.69. The number of hydrogen-bond donors (Lipinski definition) is 0. The number of hydrogen-bond acceptors (Lipinski definition) is 2. The predicted octanol–water partition coefficient (Wildman–Crippen LogP) is 2.03. The van der Waals surface area contributed by atoms with Crippen LogP contribution in [0.15, 0.2) is 12.1 Å². The van der Waals surface area contributed by atoms with E-state index in [0.29, 0.717) is 12.2 Å². The average Bonchev–Trinajstić information content (AvgIpc) is 3.08. The second kappa shape index (κ2) is 5.37. The molecule has 0 N–H and O–H groups in total. The van der Waals surface area contributed by atoms with E-state index < -0.39 is 18.5 Å². The van der Waals surface area contributed by atoms with E-state index in [2.05, 4.69) is 0 Å². The number of aromatic nitrogens is 1. The first-order chi connectivity index (χ1) is 10.4. The molecule has 2 aliphatic rings. The van der Waals surface area contributed by atoms with Gasteiger partial charge in [0, 0.05) is 24.8 Å². The molecule has 0 aliphatic carbocycles. The van der Waals surface area contributed by atoms with Crippen LogP contribution in [-0.2, 0) is 4.79 Å². The number of halogens is 2. The number of aryl methyl sites for hydroxylation is 1. The van der Waals surface area contributed by atoms with E-state index in [4.69, 9.17) is 0 Å². The van der Waals surface area contributed by atoms with Crippen molar-refractivity contribution in [3.05, 3.63) is 23.5 Å². The van der Waals surface area contributed by atoms with Crippen molar-refractivity contribution in [3.8, 4) is 0 Å². The van der Waals surface area contributed by atoms with E-state index >= 15 is 0 Å². The van der Waals surface area contributed by atoms with Crippen LogP contribution in [0.3, 0.4) is 0 Å². The zero-order valence-corrected chi connectivity index (χ0v) is 12.6. The summed E-state index contributed by atoms with van der Waals surface area (Å²) in [5.41, 5.74) is 0.274. The Morgan fingerprint density at radius 2 is 2.09 bits per heavy atom. The number of fused-ring (bicyclic) bond motifs is 1. The van der Waals surface area contributed by atoms with Crippen LogP contribution >= 0.6 is 0 Å². The van der Waals surface area contributed by atoms with Crippen LogP contribution in [0.5, 0.6) is 0 Å². The van der Waals surface area contributed by atoms with Crippen LogP contribution < -0.4 is 0 Å². The summed E-state index contributed by atoms with van der Waals surface area (Å²) in [4.78, 5) is 28.3. The molecule has 5 nitrogen and oxygen atoms in total. The van der Waals surface area contributed by atoms with Crippen LogP contribution in [0.25, 0.3) is 0 Å². The fourth-order valence-electron chi connectivity index (χ4n) is 3.46. The van der Waals surface area contributed by atoms with Gasteiger partial charge in [0.1, 0.15) is 11.7 Å². The maximum atomic E-state index is 13.2. The lowest BCUT2D eigenvalue weighted by Crippen LogP contribution is -2.60. The summed E-state index contributed by atoms with van der Waals surface area (Å²) in [5.74, 6) is -0.588.